The van der Waals surface area contributed by atoms with Gasteiger partial charge in [-0.05, 0) is 24.3 Å². The van der Waals surface area contributed by atoms with Gasteiger partial charge in [0.15, 0.2) is 11.5 Å². The van der Waals surface area contributed by atoms with Gasteiger partial charge >= 0.3 is 0 Å². The maximum Gasteiger partial charge on any atom is 0.272 e. The summed E-state index contributed by atoms with van der Waals surface area (Å²) in [5.74, 6) is 1.21. The van der Waals surface area contributed by atoms with Crippen LogP contribution >= 0.6 is 0 Å². The van der Waals surface area contributed by atoms with Crippen LogP contribution in [-0.4, -0.2) is 23.7 Å². The van der Waals surface area contributed by atoms with Crippen molar-refractivity contribution in [3.63, 3.8) is 0 Å². The third kappa shape index (κ3) is 2.40. The standard InChI is InChI=1S/C18H16N2O3/c1-20-14-5-3-2-4-12(14)10-15(20)18(21)19-13-6-7-16-17(11-13)23-9-8-22-16/h2-7,10-11H,8-9H2,1H3,(H,19,21). The van der Waals surface area contributed by atoms with E-state index in [1.54, 1.807) is 6.07 Å². The lowest BCUT2D eigenvalue weighted by Gasteiger charge is -2.19. The van der Waals surface area contributed by atoms with Crippen molar-refractivity contribution >= 4 is 22.5 Å². The van der Waals surface area contributed by atoms with E-state index in [1.165, 1.54) is 0 Å². The van der Waals surface area contributed by atoms with Crippen LogP contribution in [0.25, 0.3) is 10.9 Å². The van der Waals surface area contributed by atoms with Crippen molar-refractivity contribution in [1.29, 1.82) is 0 Å². The highest BCUT2D eigenvalue weighted by molar-refractivity contribution is 6.06. The van der Waals surface area contributed by atoms with Gasteiger partial charge in [-0.15, -0.1) is 0 Å². The molecule has 2 aromatic carbocycles. The maximum atomic E-state index is 12.6. The SMILES string of the molecule is Cn1c(C(=O)Nc2ccc3c(c2)OCCO3)cc2ccccc21. The summed E-state index contributed by atoms with van der Waals surface area (Å²) in [6, 6.07) is 15.2. The molecule has 5 nitrogen and oxygen atoms in total. The zero-order valence-electron chi connectivity index (χ0n) is 12.7. The maximum absolute atomic E-state index is 12.6. The molecule has 0 atom stereocenters. The summed E-state index contributed by atoms with van der Waals surface area (Å²) in [5.41, 5.74) is 2.32. The number of para-hydroxylation sites is 1. The number of carbonyl (C=O) groups excluding carboxylic acids is 1. The smallest absolute Gasteiger partial charge is 0.272 e. The Balaban J connectivity index is 1.63. The molecule has 0 saturated heterocycles. The third-order valence-corrected chi connectivity index (χ3v) is 3.98. The number of anilines is 1. The molecule has 3 aromatic rings. The van der Waals surface area contributed by atoms with Crippen molar-refractivity contribution in [1.82, 2.24) is 4.57 Å². The quantitative estimate of drug-likeness (QED) is 0.791. The number of fused-ring (bicyclic) bond motifs is 2. The normalized spacial score (nSPS) is 13.1. The minimum Gasteiger partial charge on any atom is -0.486 e. The van der Waals surface area contributed by atoms with Crippen LogP contribution in [0.2, 0.25) is 0 Å². The van der Waals surface area contributed by atoms with E-state index in [4.69, 9.17) is 9.47 Å². The molecule has 0 bridgehead atoms. The molecule has 116 valence electrons. The van der Waals surface area contributed by atoms with Crippen molar-refractivity contribution in [3.8, 4) is 11.5 Å². The second-order valence-electron chi connectivity index (χ2n) is 5.46. The molecule has 0 saturated carbocycles. The molecular formula is C18H16N2O3. The van der Waals surface area contributed by atoms with E-state index in [0.717, 1.165) is 10.9 Å². The number of ether oxygens (including phenoxy) is 2. The molecule has 1 N–H and O–H groups in total. The summed E-state index contributed by atoms with van der Waals surface area (Å²) in [5, 5.41) is 3.96. The number of hydrogen-bond acceptors (Lipinski definition) is 3. The molecule has 0 fully saturated rings. The zero-order valence-corrected chi connectivity index (χ0v) is 12.7. The molecule has 2 heterocycles. The lowest BCUT2D eigenvalue weighted by atomic mass is 10.2. The lowest BCUT2D eigenvalue weighted by Crippen LogP contribution is -2.17. The fourth-order valence-electron chi connectivity index (χ4n) is 2.82. The number of nitrogens with one attached hydrogen (secondary N) is 1. The van der Waals surface area contributed by atoms with Crippen molar-refractivity contribution in [2.24, 2.45) is 7.05 Å². The van der Waals surface area contributed by atoms with Crippen LogP contribution < -0.4 is 14.8 Å². The number of aromatic nitrogens is 1. The Labute approximate surface area is 133 Å². The van der Waals surface area contributed by atoms with Gasteiger partial charge in [0.05, 0.1) is 0 Å². The Hall–Kier alpha value is -2.95. The van der Waals surface area contributed by atoms with Crippen LogP contribution in [0.15, 0.2) is 48.5 Å². The molecule has 5 heteroatoms. The van der Waals surface area contributed by atoms with Crippen LogP contribution in [0.3, 0.4) is 0 Å². The summed E-state index contributed by atoms with van der Waals surface area (Å²) < 4.78 is 12.9. The number of nitrogens with zero attached hydrogens (tertiary/aromatic N) is 1. The van der Waals surface area contributed by atoms with Crippen LogP contribution in [-0.2, 0) is 7.05 Å². The molecular weight excluding hydrogens is 292 g/mol. The second-order valence-corrected chi connectivity index (χ2v) is 5.46. The average molecular weight is 308 g/mol. The lowest BCUT2D eigenvalue weighted by molar-refractivity contribution is 0.101. The first-order chi connectivity index (χ1) is 11.2. The summed E-state index contributed by atoms with van der Waals surface area (Å²) >= 11 is 0. The molecule has 0 aliphatic carbocycles. The van der Waals surface area contributed by atoms with Gasteiger partial charge < -0.3 is 19.4 Å². The molecule has 0 unspecified atom stereocenters. The van der Waals surface area contributed by atoms with Gasteiger partial charge in [-0.25, -0.2) is 0 Å². The Morgan fingerprint density at radius 3 is 2.65 bits per heavy atom. The Morgan fingerprint density at radius 2 is 1.83 bits per heavy atom. The minimum absolute atomic E-state index is 0.152. The molecule has 1 aliphatic heterocycles. The van der Waals surface area contributed by atoms with E-state index in [2.05, 4.69) is 5.32 Å². The van der Waals surface area contributed by atoms with Crippen molar-refractivity contribution in [2.45, 2.75) is 0 Å². The van der Waals surface area contributed by atoms with Gasteiger partial charge in [0.2, 0.25) is 0 Å². The first-order valence-corrected chi connectivity index (χ1v) is 7.48. The van der Waals surface area contributed by atoms with E-state index in [0.29, 0.717) is 36.1 Å². The van der Waals surface area contributed by atoms with Gasteiger partial charge in [-0.3, -0.25) is 4.79 Å². The number of rotatable bonds is 2. The highest BCUT2D eigenvalue weighted by atomic mass is 16.6. The monoisotopic (exact) mass is 308 g/mol. The molecule has 1 aliphatic rings. The largest absolute Gasteiger partial charge is 0.486 e. The van der Waals surface area contributed by atoms with Crippen molar-refractivity contribution in [2.75, 3.05) is 18.5 Å². The summed E-state index contributed by atoms with van der Waals surface area (Å²) in [6.45, 7) is 1.07. The number of amides is 1. The highest BCUT2D eigenvalue weighted by Gasteiger charge is 2.16. The Morgan fingerprint density at radius 1 is 1.04 bits per heavy atom. The number of benzene rings is 2. The third-order valence-electron chi connectivity index (χ3n) is 3.98. The van der Waals surface area contributed by atoms with E-state index in [-0.39, 0.29) is 5.91 Å². The van der Waals surface area contributed by atoms with Crippen molar-refractivity contribution < 1.29 is 14.3 Å². The van der Waals surface area contributed by atoms with Crippen LogP contribution in [0.5, 0.6) is 11.5 Å². The second kappa shape index (κ2) is 5.35. The van der Waals surface area contributed by atoms with Gasteiger partial charge in [0.1, 0.15) is 18.9 Å². The van der Waals surface area contributed by atoms with Gasteiger partial charge in [0, 0.05) is 29.7 Å². The predicted octanol–water partition coefficient (Wildman–Crippen LogP) is 3.20. The summed E-state index contributed by atoms with van der Waals surface area (Å²) in [7, 11) is 1.89. The number of carbonyl (C=O) groups is 1. The molecule has 4 rings (SSSR count). The number of aryl methyl sites for hydroxylation is 1. The van der Waals surface area contributed by atoms with E-state index >= 15 is 0 Å². The van der Waals surface area contributed by atoms with E-state index in [9.17, 15) is 4.79 Å². The van der Waals surface area contributed by atoms with Crippen LogP contribution in [0.1, 0.15) is 10.5 Å². The average Bonchev–Trinajstić information content (AvgIpc) is 2.92. The first kappa shape index (κ1) is 13.7. The minimum atomic E-state index is -0.152. The first-order valence-electron chi connectivity index (χ1n) is 7.48. The molecule has 23 heavy (non-hydrogen) atoms. The van der Waals surface area contributed by atoms with Gasteiger partial charge in [0.25, 0.3) is 5.91 Å². The fourth-order valence-corrected chi connectivity index (χ4v) is 2.82. The highest BCUT2D eigenvalue weighted by Crippen LogP contribution is 2.32. The zero-order chi connectivity index (χ0) is 15.8. The molecule has 1 amide bonds. The topological polar surface area (TPSA) is 52.5 Å². The van der Waals surface area contributed by atoms with E-state index in [1.807, 2.05) is 54.1 Å². The van der Waals surface area contributed by atoms with E-state index < -0.39 is 0 Å². The number of hydrogen-bond donors (Lipinski definition) is 1. The Kier molecular flexibility index (Phi) is 3.19. The molecule has 0 spiro atoms. The summed E-state index contributed by atoms with van der Waals surface area (Å²) in [6.07, 6.45) is 0. The van der Waals surface area contributed by atoms with Crippen LogP contribution in [0.4, 0.5) is 5.69 Å². The predicted molar refractivity (Wildman–Crippen MR) is 88.3 cm³/mol. The van der Waals surface area contributed by atoms with Crippen LogP contribution in [0, 0.1) is 0 Å². The fraction of sp³-hybridized carbons (Fsp3) is 0.167. The Bertz CT molecular complexity index is 898. The van der Waals surface area contributed by atoms with Crippen molar-refractivity contribution in [3.05, 3.63) is 54.2 Å². The molecule has 0 radical (unpaired) electrons. The van der Waals surface area contributed by atoms with Gasteiger partial charge in [-0.1, -0.05) is 18.2 Å². The summed E-state index contributed by atoms with van der Waals surface area (Å²) in [4.78, 5) is 12.6. The molecule has 1 aromatic heterocycles. The van der Waals surface area contributed by atoms with Gasteiger partial charge in [-0.2, -0.15) is 0 Å².